The van der Waals surface area contributed by atoms with Crippen LogP contribution in [-0.2, 0) is 13.2 Å². The third kappa shape index (κ3) is 2.48. The molecular weight excluding hydrogens is 345 g/mol. The summed E-state index contributed by atoms with van der Waals surface area (Å²) in [7, 11) is 1.82. The summed E-state index contributed by atoms with van der Waals surface area (Å²) >= 11 is 1.09. The van der Waals surface area contributed by atoms with Gasteiger partial charge in [0.1, 0.15) is 10.3 Å². The topological polar surface area (TPSA) is 16.8 Å². The van der Waals surface area contributed by atoms with Crippen molar-refractivity contribution < 1.29 is 17.7 Å². The number of nitrogens with zero attached hydrogens (tertiary/aromatic N) is 2. The number of fused-ring (bicyclic) bond motifs is 2. The molecule has 0 aliphatic rings. The van der Waals surface area contributed by atoms with Crippen LogP contribution in [0.3, 0.4) is 0 Å². The molecule has 2 aromatic carbocycles. The number of aryl methyl sites for hydroxylation is 2. The molecular formula is C19H14F3N2S+. The Morgan fingerprint density at radius 3 is 2.60 bits per heavy atom. The minimum Gasteiger partial charge on any atom is -0.231 e. The molecule has 0 saturated carbocycles. The van der Waals surface area contributed by atoms with Gasteiger partial charge in [-0.1, -0.05) is 36.4 Å². The van der Waals surface area contributed by atoms with Crippen molar-refractivity contribution in [2.24, 2.45) is 7.05 Å². The van der Waals surface area contributed by atoms with Crippen molar-refractivity contribution in [1.82, 2.24) is 4.98 Å². The summed E-state index contributed by atoms with van der Waals surface area (Å²) < 4.78 is 42.2. The molecule has 2 aromatic heterocycles. The van der Waals surface area contributed by atoms with Gasteiger partial charge in [0.05, 0.1) is 7.05 Å². The third-order valence-electron chi connectivity index (χ3n) is 4.37. The summed E-state index contributed by atoms with van der Waals surface area (Å²) in [5.74, 6) is 0. The number of hydrogen-bond acceptors (Lipinski definition) is 2. The fraction of sp³-hybridized carbons (Fsp3) is 0.158. The molecule has 4 rings (SSSR count). The van der Waals surface area contributed by atoms with Crippen LogP contribution in [0.1, 0.15) is 11.1 Å². The fourth-order valence-corrected chi connectivity index (χ4v) is 4.31. The summed E-state index contributed by atoms with van der Waals surface area (Å²) in [5.41, 5.74) is 2.07. The van der Waals surface area contributed by atoms with Crippen molar-refractivity contribution in [3.8, 4) is 11.3 Å². The zero-order chi connectivity index (χ0) is 17.8. The number of aromatic nitrogens is 2. The van der Waals surface area contributed by atoms with Gasteiger partial charge >= 0.3 is 6.18 Å². The lowest BCUT2D eigenvalue weighted by Gasteiger charge is -2.11. The summed E-state index contributed by atoms with van der Waals surface area (Å²) in [6.45, 7) is 1.98. The first-order chi connectivity index (χ1) is 11.9. The van der Waals surface area contributed by atoms with Gasteiger partial charge in [-0.2, -0.15) is 13.2 Å². The quantitative estimate of drug-likeness (QED) is 0.423. The van der Waals surface area contributed by atoms with Crippen molar-refractivity contribution >= 4 is 32.3 Å². The molecule has 0 fully saturated rings. The molecule has 0 saturated heterocycles. The normalized spacial score (nSPS) is 12.2. The zero-order valence-corrected chi connectivity index (χ0v) is 14.4. The minimum atomic E-state index is -4.41. The summed E-state index contributed by atoms with van der Waals surface area (Å²) in [4.78, 5) is 4.06. The van der Waals surface area contributed by atoms with Crippen molar-refractivity contribution in [1.29, 1.82) is 0 Å². The molecule has 0 radical (unpaired) electrons. The number of benzene rings is 2. The maximum atomic E-state index is 13.3. The Hall–Kier alpha value is -2.47. The molecule has 0 spiro atoms. The van der Waals surface area contributed by atoms with Crippen LogP contribution in [0.25, 0.3) is 32.2 Å². The predicted octanol–water partition coefficient (Wildman–Crippen LogP) is 5.27. The smallest absolute Gasteiger partial charge is 0.231 e. The Balaban J connectivity index is 2.14. The molecule has 2 nitrogen and oxygen atoms in total. The molecule has 0 unspecified atom stereocenters. The zero-order valence-electron chi connectivity index (χ0n) is 13.6. The Morgan fingerprint density at radius 1 is 1.08 bits per heavy atom. The minimum absolute atomic E-state index is 0.0120. The van der Waals surface area contributed by atoms with Gasteiger partial charge in [0.15, 0.2) is 5.69 Å². The maximum absolute atomic E-state index is 13.3. The van der Waals surface area contributed by atoms with Crippen LogP contribution in [0.15, 0.2) is 48.1 Å². The highest BCUT2D eigenvalue weighted by atomic mass is 32.1. The Morgan fingerprint density at radius 2 is 1.84 bits per heavy atom. The first kappa shape index (κ1) is 16.0. The van der Waals surface area contributed by atoms with Crippen LogP contribution in [0.5, 0.6) is 0 Å². The van der Waals surface area contributed by atoms with Crippen LogP contribution >= 0.6 is 11.3 Å². The number of halogens is 3. The van der Waals surface area contributed by atoms with Crippen LogP contribution in [0.2, 0.25) is 0 Å². The second kappa shape index (κ2) is 5.52. The SMILES string of the molecule is Cc1ccc2ccccc2c1-c1c2scc(C(F)(F)F)c2nc[n+]1C. The van der Waals surface area contributed by atoms with E-state index < -0.39 is 11.7 Å². The number of rotatable bonds is 1. The average Bonchev–Trinajstić information content (AvgIpc) is 3.00. The summed E-state index contributed by atoms with van der Waals surface area (Å²) in [6.07, 6.45) is -2.95. The molecule has 0 aliphatic heterocycles. The van der Waals surface area contributed by atoms with E-state index in [4.69, 9.17) is 0 Å². The first-order valence-electron chi connectivity index (χ1n) is 7.69. The predicted molar refractivity (Wildman–Crippen MR) is 93.5 cm³/mol. The van der Waals surface area contributed by atoms with Crippen molar-refractivity contribution in [2.45, 2.75) is 13.1 Å². The lowest BCUT2D eigenvalue weighted by Crippen LogP contribution is -2.31. The number of alkyl halides is 3. The van der Waals surface area contributed by atoms with Gasteiger partial charge in [0, 0.05) is 10.9 Å². The lowest BCUT2D eigenvalue weighted by atomic mass is 9.96. The van der Waals surface area contributed by atoms with E-state index in [0.29, 0.717) is 4.70 Å². The Bertz CT molecular complexity index is 1110. The third-order valence-corrected chi connectivity index (χ3v) is 5.35. The molecule has 4 aromatic rings. The van der Waals surface area contributed by atoms with Crippen LogP contribution in [0.4, 0.5) is 13.2 Å². The summed E-state index contributed by atoms with van der Waals surface area (Å²) in [5, 5.41) is 3.23. The Labute approximate surface area is 146 Å². The first-order valence-corrected chi connectivity index (χ1v) is 8.57. The van der Waals surface area contributed by atoms with Gasteiger partial charge < -0.3 is 0 Å². The van der Waals surface area contributed by atoms with E-state index in [1.807, 2.05) is 50.4 Å². The van der Waals surface area contributed by atoms with Crippen molar-refractivity contribution in [3.05, 3.63) is 59.2 Å². The van der Waals surface area contributed by atoms with E-state index in [-0.39, 0.29) is 5.52 Å². The van der Waals surface area contributed by atoms with Gasteiger partial charge in [0.25, 0.3) is 6.33 Å². The fourth-order valence-electron chi connectivity index (χ4n) is 3.20. The molecule has 0 N–H and O–H groups in total. The van der Waals surface area contributed by atoms with E-state index in [0.717, 1.165) is 44.3 Å². The van der Waals surface area contributed by atoms with E-state index >= 15 is 0 Å². The van der Waals surface area contributed by atoms with E-state index in [2.05, 4.69) is 4.98 Å². The van der Waals surface area contributed by atoms with Crippen LogP contribution in [-0.4, -0.2) is 4.98 Å². The number of thiophene rings is 1. The maximum Gasteiger partial charge on any atom is 0.421 e. The largest absolute Gasteiger partial charge is 0.421 e. The molecule has 25 heavy (non-hydrogen) atoms. The standard InChI is InChI=1S/C19H14F3N2S/c1-11-7-8-12-5-3-4-6-13(12)15(11)17-18-16(23-10-24(17)2)14(9-25-18)19(20,21)22/h3-10H,1-2H3/q+1. The molecule has 0 amide bonds. The lowest BCUT2D eigenvalue weighted by molar-refractivity contribution is -0.662. The highest BCUT2D eigenvalue weighted by Gasteiger charge is 2.37. The van der Waals surface area contributed by atoms with E-state index in [9.17, 15) is 13.2 Å². The van der Waals surface area contributed by atoms with Gasteiger partial charge in [0.2, 0.25) is 5.52 Å². The van der Waals surface area contributed by atoms with Crippen molar-refractivity contribution in [2.75, 3.05) is 0 Å². The van der Waals surface area contributed by atoms with Gasteiger partial charge in [-0.3, -0.25) is 0 Å². The van der Waals surface area contributed by atoms with Crippen LogP contribution < -0.4 is 4.57 Å². The highest BCUT2D eigenvalue weighted by Crippen LogP contribution is 2.41. The second-order valence-electron chi connectivity index (χ2n) is 6.01. The molecule has 0 atom stereocenters. The van der Waals surface area contributed by atoms with Gasteiger partial charge in [-0.05, 0) is 28.2 Å². The number of hydrogen-bond donors (Lipinski definition) is 0. The molecule has 126 valence electrons. The van der Waals surface area contributed by atoms with E-state index in [1.54, 1.807) is 4.57 Å². The average molecular weight is 359 g/mol. The molecule has 0 aliphatic carbocycles. The molecule has 0 bridgehead atoms. The van der Waals surface area contributed by atoms with Crippen LogP contribution in [0, 0.1) is 6.92 Å². The Kier molecular flexibility index (Phi) is 3.54. The van der Waals surface area contributed by atoms with E-state index in [1.165, 1.54) is 6.33 Å². The monoisotopic (exact) mass is 359 g/mol. The summed E-state index contributed by atoms with van der Waals surface area (Å²) in [6, 6.07) is 11.9. The second-order valence-corrected chi connectivity index (χ2v) is 6.89. The van der Waals surface area contributed by atoms with Gasteiger partial charge in [-0.25, -0.2) is 4.57 Å². The highest BCUT2D eigenvalue weighted by molar-refractivity contribution is 7.17. The molecule has 2 heterocycles. The molecule has 6 heteroatoms. The van der Waals surface area contributed by atoms with Gasteiger partial charge in [-0.15, -0.1) is 11.3 Å². The van der Waals surface area contributed by atoms with Crippen molar-refractivity contribution in [3.63, 3.8) is 0 Å².